The molecule has 0 aliphatic rings. The first-order chi connectivity index (χ1) is 19.7. The van der Waals surface area contributed by atoms with Crippen LogP contribution in [-0.4, -0.2) is 0 Å². The van der Waals surface area contributed by atoms with E-state index in [1.807, 2.05) is 152 Å². The summed E-state index contributed by atoms with van der Waals surface area (Å²) in [7, 11) is 0. The van der Waals surface area contributed by atoms with Gasteiger partial charge >= 0.3 is 0 Å². The van der Waals surface area contributed by atoms with Crippen molar-refractivity contribution in [1.82, 2.24) is 0 Å². The average Bonchev–Trinajstić information content (AvgIpc) is 3.07. The Balaban J connectivity index is -0.000000144. The third-order valence-corrected chi connectivity index (χ3v) is 5.39. The van der Waals surface area contributed by atoms with Crippen LogP contribution in [0.2, 0.25) is 0 Å². The summed E-state index contributed by atoms with van der Waals surface area (Å²) in [4.78, 5) is 0. The molecule has 0 bridgehead atoms. The van der Waals surface area contributed by atoms with E-state index in [0.717, 1.165) is 0 Å². The maximum atomic E-state index is 5.35. The highest BCUT2D eigenvalue weighted by Crippen LogP contribution is 1.97. The van der Waals surface area contributed by atoms with Crippen LogP contribution in [-0.2, 0) is 32.7 Å². The van der Waals surface area contributed by atoms with Crippen LogP contribution in [0.3, 0.4) is 0 Å². The Morgan fingerprint density at radius 1 is 0.222 bits per heavy atom. The Hall–Kier alpha value is -4.45. The third kappa shape index (κ3) is 26.9. The van der Waals surface area contributed by atoms with Gasteiger partial charge in [-0.1, -0.05) is 152 Å². The molecule has 0 heterocycles. The molecule has 5 aromatic carbocycles. The molecule has 0 atom stereocenters. The fourth-order valence-corrected chi connectivity index (χ4v) is 3.07. The second-order valence-electron chi connectivity index (χ2n) is 8.45. The topological polar surface area (TPSA) is 130 Å². The van der Waals surface area contributed by atoms with E-state index in [-0.39, 0.29) is 23.5 Å². The number of nitrogens with two attached hydrogens (primary N) is 5. The molecule has 0 saturated heterocycles. The van der Waals surface area contributed by atoms with Crippen LogP contribution >= 0.6 is 0 Å². The Kier molecular flexibility index (Phi) is 39.9. The van der Waals surface area contributed by atoms with E-state index in [2.05, 4.69) is 0 Å². The van der Waals surface area contributed by atoms with Crippen molar-refractivity contribution in [2.24, 2.45) is 28.7 Å². The summed E-state index contributed by atoms with van der Waals surface area (Å²) in [5, 5.41) is 0. The molecule has 10 N–H and O–H groups in total. The molecule has 0 amide bonds. The monoisotopic (exact) mass is 635 g/mol. The van der Waals surface area contributed by atoms with Gasteiger partial charge in [-0.3, -0.25) is 23.5 Å². The van der Waals surface area contributed by atoms with Gasteiger partial charge in [0.15, 0.2) is 0 Å². The molecular weight excluding hydrogens is 585 g/mol. The van der Waals surface area contributed by atoms with Crippen LogP contribution in [0.1, 0.15) is 27.8 Å². The van der Waals surface area contributed by atoms with Crippen molar-refractivity contribution in [3.63, 3.8) is 0 Å². The summed E-state index contributed by atoms with van der Waals surface area (Å²) < 4.78 is 0. The van der Waals surface area contributed by atoms with Gasteiger partial charge < -0.3 is 28.7 Å². The van der Waals surface area contributed by atoms with Gasteiger partial charge in [0.2, 0.25) is 0 Å². The van der Waals surface area contributed by atoms with Crippen LogP contribution in [0.5, 0.6) is 0 Å². The van der Waals surface area contributed by atoms with Gasteiger partial charge in [0.1, 0.15) is 0 Å². The van der Waals surface area contributed by atoms with E-state index < -0.39 is 0 Å². The van der Waals surface area contributed by atoms with E-state index in [0.29, 0.717) is 32.7 Å². The zero-order chi connectivity index (χ0) is 29.1. The molecular formula is C35H50F5N5. The van der Waals surface area contributed by atoms with Gasteiger partial charge in [0.05, 0.1) is 0 Å². The maximum Gasteiger partial charge on any atom is 0.0178 e. The van der Waals surface area contributed by atoms with Gasteiger partial charge in [0, 0.05) is 32.7 Å². The summed E-state index contributed by atoms with van der Waals surface area (Å²) in [6.07, 6.45) is 0. The number of hydrogen-bond donors (Lipinski definition) is 5. The van der Waals surface area contributed by atoms with Gasteiger partial charge in [-0.25, -0.2) is 0 Å². The number of rotatable bonds is 5. The first-order valence-corrected chi connectivity index (χ1v) is 13.4. The molecule has 0 aromatic heterocycles. The first kappa shape index (κ1) is 50.2. The van der Waals surface area contributed by atoms with Crippen molar-refractivity contribution in [2.45, 2.75) is 32.7 Å². The summed E-state index contributed by atoms with van der Waals surface area (Å²) in [6.45, 7) is 3.20. The molecule has 5 nitrogen and oxygen atoms in total. The lowest BCUT2D eigenvalue weighted by molar-refractivity contribution is 1.07. The third-order valence-electron chi connectivity index (χ3n) is 5.39. The van der Waals surface area contributed by atoms with E-state index in [4.69, 9.17) is 28.7 Å². The predicted octanol–water partition coefficient (Wildman–Crippen LogP) is 6.49. The largest absolute Gasteiger partial charge is 0.326 e. The molecule has 0 fully saturated rings. The van der Waals surface area contributed by atoms with Crippen LogP contribution in [0.25, 0.3) is 0 Å². The molecule has 250 valence electrons. The quantitative estimate of drug-likeness (QED) is 0.141. The van der Waals surface area contributed by atoms with Gasteiger partial charge in [-0.2, -0.15) is 0 Å². The average molecular weight is 636 g/mol. The van der Waals surface area contributed by atoms with Crippen molar-refractivity contribution in [1.29, 1.82) is 0 Å². The molecule has 45 heavy (non-hydrogen) atoms. The van der Waals surface area contributed by atoms with Gasteiger partial charge in [-0.05, 0) is 27.8 Å². The minimum atomic E-state index is 0. The fourth-order valence-electron chi connectivity index (χ4n) is 3.07. The fraction of sp³-hybridized carbons (Fsp3) is 0.143. The van der Waals surface area contributed by atoms with Crippen molar-refractivity contribution < 1.29 is 23.5 Å². The Bertz CT molecular complexity index is 981. The molecule has 10 heteroatoms. The molecule has 0 aliphatic carbocycles. The standard InChI is InChI=1S/5C7H9N.5FH/c5*8-6-7-4-2-1-3-5-7;;;;;/h5*1-5H,6,8H2;5*1H. The minimum Gasteiger partial charge on any atom is -0.326 e. The van der Waals surface area contributed by atoms with Crippen molar-refractivity contribution in [3.8, 4) is 0 Å². The van der Waals surface area contributed by atoms with Crippen LogP contribution in [0, 0.1) is 0 Å². The second-order valence-corrected chi connectivity index (χ2v) is 8.45. The molecule has 5 aromatic rings. The Morgan fingerprint density at radius 2 is 0.333 bits per heavy atom. The molecule has 0 spiro atoms. The summed E-state index contributed by atoms with van der Waals surface area (Å²) in [5.41, 5.74) is 32.7. The lowest BCUT2D eigenvalue weighted by atomic mass is 10.2. The lowest BCUT2D eigenvalue weighted by Gasteiger charge is -1.90. The van der Waals surface area contributed by atoms with Gasteiger partial charge in [-0.15, -0.1) is 0 Å². The van der Waals surface area contributed by atoms with E-state index in [9.17, 15) is 0 Å². The number of halogens is 5. The molecule has 0 saturated carbocycles. The van der Waals surface area contributed by atoms with Crippen LogP contribution in [0.4, 0.5) is 23.5 Å². The Labute approximate surface area is 264 Å². The highest BCUT2D eigenvalue weighted by molar-refractivity contribution is 5.16. The molecule has 0 radical (unpaired) electrons. The van der Waals surface area contributed by atoms with Gasteiger partial charge in [0.25, 0.3) is 0 Å². The maximum absolute atomic E-state index is 5.35. The van der Waals surface area contributed by atoms with Crippen LogP contribution in [0.15, 0.2) is 152 Å². The molecule has 0 aliphatic heterocycles. The zero-order valence-electron chi connectivity index (χ0n) is 25.4. The van der Waals surface area contributed by atoms with Crippen molar-refractivity contribution >= 4 is 0 Å². The lowest BCUT2D eigenvalue weighted by Crippen LogP contribution is -1.94. The normalized spacial score (nSPS) is 8.11. The van der Waals surface area contributed by atoms with E-state index >= 15 is 0 Å². The number of benzene rings is 5. The first-order valence-electron chi connectivity index (χ1n) is 13.4. The minimum absolute atomic E-state index is 0. The SMILES string of the molecule is F.F.F.F.F.NCc1ccccc1.NCc1ccccc1.NCc1ccccc1.NCc1ccccc1.NCc1ccccc1. The summed E-state index contributed by atoms with van der Waals surface area (Å²) in [6, 6.07) is 49.9. The number of hydrogen-bond acceptors (Lipinski definition) is 5. The zero-order valence-corrected chi connectivity index (χ0v) is 25.4. The molecule has 0 unspecified atom stereocenters. The smallest absolute Gasteiger partial charge is 0.0178 e. The summed E-state index contributed by atoms with van der Waals surface area (Å²) in [5.74, 6) is 0. The predicted molar refractivity (Wildman–Crippen MR) is 184 cm³/mol. The summed E-state index contributed by atoms with van der Waals surface area (Å²) >= 11 is 0. The highest BCUT2D eigenvalue weighted by Gasteiger charge is 1.82. The van der Waals surface area contributed by atoms with E-state index in [1.165, 1.54) is 27.8 Å². The molecule has 5 rings (SSSR count). The van der Waals surface area contributed by atoms with E-state index in [1.54, 1.807) is 0 Å². The van der Waals surface area contributed by atoms with Crippen LogP contribution < -0.4 is 28.7 Å². The van der Waals surface area contributed by atoms with Crippen molar-refractivity contribution in [3.05, 3.63) is 179 Å². The van der Waals surface area contributed by atoms with Crippen molar-refractivity contribution in [2.75, 3.05) is 0 Å². The highest BCUT2D eigenvalue weighted by atomic mass is 19.0. The Morgan fingerprint density at radius 3 is 0.400 bits per heavy atom. The second kappa shape index (κ2) is 35.7.